The smallest absolute Gasteiger partial charge is 0.308 e. The molecule has 8 nitrogen and oxygen atoms in total. The lowest BCUT2D eigenvalue weighted by atomic mass is 9.80. The minimum absolute atomic E-state index is 0.0322. The van der Waals surface area contributed by atoms with E-state index in [-0.39, 0.29) is 36.2 Å². The number of ether oxygens (including phenoxy) is 2. The molecule has 1 aliphatic heterocycles. The number of rotatable bonds is 6. The highest BCUT2D eigenvalue weighted by atomic mass is 32.1. The van der Waals surface area contributed by atoms with E-state index in [4.69, 9.17) is 9.47 Å². The predicted octanol–water partition coefficient (Wildman–Crippen LogP) is 2.12. The molecule has 9 heteroatoms. The van der Waals surface area contributed by atoms with Crippen molar-refractivity contribution in [3.8, 4) is 5.75 Å². The number of carbonyl (C=O) groups excluding carboxylic acids is 3. The summed E-state index contributed by atoms with van der Waals surface area (Å²) in [5.41, 5.74) is 0.803. The molecule has 0 spiro atoms. The highest BCUT2D eigenvalue weighted by Crippen LogP contribution is 2.35. The van der Waals surface area contributed by atoms with Crippen LogP contribution in [-0.4, -0.2) is 49.1 Å². The number of hydrogen-bond donors (Lipinski definition) is 1. The Morgan fingerprint density at radius 2 is 2.10 bits per heavy atom. The molecule has 1 N–H and O–H groups in total. The van der Waals surface area contributed by atoms with Crippen LogP contribution in [0.25, 0.3) is 10.2 Å². The number of methoxy groups -OCH3 is 1. The third-order valence-corrected chi connectivity index (χ3v) is 6.45. The summed E-state index contributed by atoms with van der Waals surface area (Å²) in [5, 5.41) is 3.55. The number of nitrogens with one attached hydrogen (secondary N) is 1. The zero-order valence-electron chi connectivity index (χ0n) is 16.3. The van der Waals surface area contributed by atoms with Gasteiger partial charge in [-0.2, -0.15) is 0 Å². The molecule has 4 rings (SSSR count). The van der Waals surface area contributed by atoms with E-state index >= 15 is 0 Å². The van der Waals surface area contributed by atoms with Crippen molar-refractivity contribution in [3.63, 3.8) is 0 Å². The summed E-state index contributed by atoms with van der Waals surface area (Å²) in [7, 11) is 1.37. The van der Waals surface area contributed by atoms with Crippen LogP contribution in [0.3, 0.4) is 0 Å². The van der Waals surface area contributed by atoms with Crippen LogP contribution in [0.1, 0.15) is 26.2 Å². The number of hydrogen-bond acceptors (Lipinski definition) is 7. The second-order valence-electron chi connectivity index (χ2n) is 7.36. The summed E-state index contributed by atoms with van der Waals surface area (Å²) in [4.78, 5) is 42.7. The standard InChI is InChI=1S/C20H23N3O5S/c1-3-28-14-4-5-15-16(9-14)29-20(22-15)23-10-12(8-17(23)24)18(25)21-13-6-11(7-13)19(26)27-2/h4-5,9,11-13H,3,6-8,10H2,1-2H3,(H,21,25). The van der Waals surface area contributed by atoms with E-state index in [1.807, 2.05) is 25.1 Å². The molecule has 2 fully saturated rings. The van der Waals surface area contributed by atoms with Gasteiger partial charge < -0.3 is 14.8 Å². The van der Waals surface area contributed by atoms with Gasteiger partial charge in [-0.15, -0.1) is 0 Å². The second kappa shape index (κ2) is 7.98. The molecule has 0 radical (unpaired) electrons. The van der Waals surface area contributed by atoms with Crippen molar-refractivity contribution in [2.24, 2.45) is 11.8 Å². The molecule has 1 atom stereocenters. The van der Waals surface area contributed by atoms with Crippen molar-refractivity contribution < 1.29 is 23.9 Å². The van der Waals surface area contributed by atoms with E-state index in [0.29, 0.717) is 31.1 Å². The molecule has 1 aliphatic carbocycles. The average Bonchev–Trinajstić information content (AvgIpc) is 3.26. The van der Waals surface area contributed by atoms with Crippen LogP contribution in [0, 0.1) is 11.8 Å². The zero-order valence-corrected chi connectivity index (χ0v) is 17.2. The van der Waals surface area contributed by atoms with Gasteiger partial charge >= 0.3 is 5.97 Å². The van der Waals surface area contributed by atoms with Crippen molar-refractivity contribution in [1.82, 2.24) is 10.3 Å². The fraction of sp³-hybridized carbons (Fsp3) is 0.500. The Morgan fingerprint density at radius 3 is 2.83 bits per heavy atom. The van der Waals surface area contributed by atoms with E-state index in [9.17, 15) is 14.4 Å². The molecule has 1 saturated carbocycles. The van der Waals surface area contributed by atoms with Gasteiger partial charge in [0.05, 0.1) is 35.8 Å². The summed E-state index contributed by atoms with van der Waals surface area (Å²) in [5.74, 6) is -0.266. The zero-order chi connectivity index (χ0) is 20.5. The lowest BCUT2D eigenvalue weighted by molar-refractivity contribution is -0.150. The van der Waals surface area contributed by atoms with Crippen LogP contribution in [-0.2, 0) is 19.1 Å². The summed E-state index contributed by atoms with van der Waals surface area (Å²) in [6.07, 6.45) is 1.34. The first kappa shape index (κ1) is 19.6. The Morgan fingerprint density at radius 1 is 1.31 bits per heavy atom. The van der Waals surface area contributed by atoms with Gasteiger partial charge in [0.25, 0.3) is 0 Å². The Kier molecular flexibility index (Phi) is 5.40. The van der Waals surface area contributed by atoms with E-state index in [1.54, 1.807) is 4.90 Å². The van der Waals surface area contributed by atoms with Gasteiger partial charge in [-0.25, -0.2) is 4.98 Å². The fourth-order valence-electron chi connectivity index (χ4n) is 3.75. The fourth-order valence-corrected chi connectivity index (χ4v) is 4.77. The number of aromatic nitrogens is 1. The maximum absolute atomic E-state index is 12.6. The van der Waals surface area contributed by atoms with Crippen LogP contribution < -0.4 is 15.0 Å². The topological polar surface area (TPSA) is 97.8 Å². The second-order valence-corrected chi connectivity index (χ2v) is 8.37. The Bertz CT molecular complexity index is 953. The van der Waals surface area contributed by atoms with Crippen LogP contribution in [0.4, 0.5) is 5.13 Å². The molecular weight excluding hydrogens is 394 g/mol. The molecule has 1 saturated heterocycles. The molecule has 2 heterocycles. The van der Waals surface area contributed by atoms with Gasteiger partial charge in [0.1, 0.15) is 5.75 Å². The van der Waals surface area contributed by atoms with Gasteiger partial charge in [0.2, 0.25) is 11.8 Å². The number of fused-ring (bicyclic) bond motifs is 1. The van der Waals surface area contributed by atoms with Crippen molar-refractivity contribution in [2.45, 2.75) is 32.2 Å². The average molecular weight is 417 g/mol. The summed E-state index contributed by atoms with van der Waals surface area (Å²) < 4.78 is 11.2. The van der Waals surface area contributed by atoms with Crippen molar-refractivity contribution in [1.29, 1.82) is 0 Å². The molecule has 1 aromatic heterocycles. The molecular formula is C20H23N3O5S. The van der Waals surface area contributed by atoms with Crippen LogP contribution in [0.15, 0.2) is 18.2 Å². The van der Waals surface area contributed by atoms with Gasteiger partial charge in [-0.1, -0.05) is 11.3 Å². The molecule has 2 aliphatic rings. The minimum Gasteiger partial charge on any atom is -0.494 e. The number of anilines is 1. The maximum Gasteiger partial charge on any atom is 0.308 e. The first-order chi connectivity index (χ1) is 14.0. The lowest BCUT2D eigenvalue weighted by Crippen LogP contribution is -2.49. The van der Waals surface area contributed by atoms with E-state index < -0.39 is 5.92 Å². The van der Waals surface area contributed by atoms with Gasteiger partial charge in [-0.3, -0.25) is 19.3 Å². The van der Waals surface area contributed by atoms with Crippen LogP contribution in [0.5, 0.6) is 5.75 Å². The van der Waals surface area contributed by atoms with Crippen LogP contribution in [0.2, 0.25) is 0 Å². The highest BCUT2D eigenvalue weighted by Gasteiger charge is 2.40. The monoisotopic (exact) mass is 417 g/mol. The van der Waals surface area contributed by atoms with E-state index in [0.717, 1.165) is 16.0 Å². The normalized spacial score (nSPS) is 23.7. The number of thiazole rings is 1. The first-order valence-electron chi connectivity index (χ1n) is 9.70. The quantitative estimate of drug-likeness (QED) is 0.723. The summed E-state index contributed by atoms with van der Waals surface area (Å²) in [6.45, 7) is 2.82. The van der Waals surface area contributed by atoms with Gasteiger partial charge in [0.15, 0.2) is 5.13 Å². The number of esters is 1. The Balaban J connectivity index is 1.38. The first-order valence-corrected chi connectivity index (χ1v) is 10.5. The molecule has 1 aromatic carbocycles. The van der Waals surface area contributed by atoms with E-state index in [1.165, 1.54) is 18.4 Å². The highest BCUT2D eigenvalue weighted by molar-refractivity contribution is 7.22. The molecule has 1 unspecified atom stereocenters. The van der Waals surface area contributed by atoms with Crippen molar-refractivity contribution in [2.75, 3.05) is 25.2 Å². The Labute approximate surface area is 172 Å². The summed E-state index contributed by atoms with van der Waals surface area (Å²) in [6, 6.07) is 5.62. The van der Waals surface area contributed by atoms with Crippen LogP contribution >= 0.6 is 11.3 Å². The lowest BCUT2D eigenvalue weighted by Gasteiger charge is -2.34. The minimum atomic E-state index is -0.411. The number of benzene rings is 1. The maximum atomic E-state index is 12.6. The molecule has 29 heavy (non-hydrogen) atoms. The Hall–Kier alpha value is -2.68. The largest absolute Gasteiger partial charge is 0.494 e. The predicted molar refractivity (Wildman–Crippen MR) is 108 cm³/mol. The SMILES string of the molecule is CCOc1ccc2nc(N3CC(C(=O)NC4CC(C(=O)OC)C4)CC3=O)sc2c1. The van der Waals surface area contributed by atoms with Gasteiger partial charge in [-0.05, 0) is 38.0 Å². The molecule has 154 valence electrons. The molecule has 2 aromatic rings. The molecule has 0 bridgehead atoms. The third-order valence-electron chi connectivity index (χ3n) is 5.41. The summed E-state index contributed by atoms with van der Waals surface area (Å²) >= 11 is 1.42. The number of carbonyl (C=O) groups is 3. The third kappa shape index (κ3) is 3.91. The number of amides is 2. The molecule has 2 amide bonds. The van der Waals surface area contributed by atoms with Crippen molar-refractivity contribution >= 4 is 44.5 Å². The van der Waals surface area contributed by atoms with E-state index in [2.05, 4.69) is 10.3 Å². The van der Waals surface area contributed by atoms with Crippen molar-refractivity contribution in [3.05, 3.63) is 18.2 Å². The number of nitrogens with zero attached hydrogens (tertiary/aromatic N) is 2. The van der Waals surface area contributed by atoms with Gasteiger partial charge in [0, 0.05) is 19.0 Å².